The number of hydrogen-bond acceptors (Lipinski definition) is 1. The minimum Gasteiger partial charge on any atom is -0.113 e. The van der Waals surface area contributed by atoms with E-state index in [4.69, 9.17) is 0 Å². The van der Waals surface area contributed by atoms with Crippen molar-refractivity contribution in [2.45, 2.75) is 25.0 Å². The summed E-state index contributed by atoms with van der Waals surface area (Å²) in [4.78, 5) is 1.37. The maximum Gasteiger partial charge on any atom is 0.0496 e. The SMILES string of the molecule is C/C=C/C1=CC(C2=CC=CCC2)SC(c2ccccc2)=C1. The second-order valence-corrected chi connectivity index (χ2v) is 6.47. The van der Waals surface area contributed by atoms with Crippen molar-refractivity contribution < 1.29 is 0 Å². The summed E-state index contributed by atoms with van der Waals surface area (Å²) in [7, 11) is 0. The molecule has 106 valence electrons. The average Bonchev–Trinajstić information content (AvgIpc) is 2.56. The molecule has 21 heavy (non-hydrogen) atoms. The lowest BCUT2D eigenvalue weighted by Gasteiger charge is -2.24. The van der Waals surface area contributed by atoms with Crippen molar-refractivity contribution in [1.82, 2.24) is 0 Å². The molecule has 1 aromatic rings. The Bertz CT molecular complexity index is 642. The summed E-state index contributed by atoms with van der Waals surface area (Å²) in [6, 6.07) is 10.7. The molecule has 1 aromatic carbocycles. The highest BCUT2D eigenvalue weighted by Gasteiger charge is 2.20. The van der Waals surface area contributed by atoms with Gasteiger partial charge in [0.15, 0.2) is 0 Å². The molecule has 0 N–H and O–H groups in total. The van der Waals surface area contributed by atoms with Gasteiger partial charge in [-0.3, -0.25) is 0 Å². The second-order valence-electron chi connectivity index (χ2n) is 5.29. The first-order valence-corrected chi connectivity index (χ1v) is 8.38. The molecule has 0 fully saturated rings. The average molecular weight is 292 g/mol. The van der Waals surface area contributed by atoms with Crippen molar-refractivity contribution in [3.63, 3.8) is 0 Å². The minimum atomic E-state index is 0.460. The van der Waals surface area contributed by atoms with Crippen LogP contribution in [0, 0.1) is 0 Å². The largest absolute Gasteiger partial charge is 0.113 e. The van der Waals surface area contributed by atoms with Crippen molar-refractivity contribution >= 4 is 16.7 Å². The van der Waals surface area contributed by atoms with Crippen molar-refractivity contribution in [3.05, 3.63) is 89.6 Å². The molecular formula is C20H20S. The zero-order chi connectivity index (χ0) is 14.5. The third-order valence-electron chi connectivity index (χ3n) is 3.72. The Balaban J connectivity index is 1.93. The molecule has 0 radical (unpaired) electrons. The monoisotopic (exact) mass is 292 g/mol. The molecular weight excluding hydrogens is 272 g/mol. The van der Waals surface area contributed by atoms with Crippen LogP contribution in [-0.4, -0.2) is 5.25 Å². The van der Waals surface area contributed by atoms with Crippen LogP contribution in [0.3, 0.4) is 0 Å². The summed E-state index contributed by atoms with van der Waals surface area (Å²) in [6.07, 6.45) is 18.1. The first-order chi connectivity index (χ1) is 10.4. The van der Waals surface area contributed by atoms with Gasteiger partial charge in [-0.1, -0.05) is 72.4 Å². The van der Waals surface area contributed by atoms with Crippen LogP contribution in [0.5, 0.6) is 0 Å². The summed E-state index contributed by atoms with van der Waals surface area (Å²) < 4.78 is 0. The maximum atomic E-state index is 2.39. The number of hydrogen-bond donors (Lipinski definition) is 0. The van der Waals surface area contributed by atoms with Gasteiger partial charge >= 0.3 is 0 Å². The summed E-state index contributed by atoms with van der Waals surface area (Å²) in [5, 5.41) is 0.460. The first-order valence-electron chi connectivity index (χ1n) is 7.51. The highest BCUT2D eigenvalue weighted by atomic mass is 32.2. The minimum absolute atomic E-state index is 0.460. The first kappa shape index (κ1) is 14.2. The smallest absolute Gasteiger partial charge is 0.0496 e. The molecule has 1 heteroatoms. The molecule has 2 aliphatic rings. The second kappa shape index (κ2) is 6.82. The molecule has 0 aromatic heterocycles. The highest BCUT2D eigenvalue weighted by molar-refractivity contribution is 8.09. The van der Waals surface area contributed by atoms with Gasteiger partial charge in [0.2, 0.25) is 0 Å². The van der Waals surface area contributed by atoms with Crippen LogP contribution < -0.4 is 0 Å². The number of allylic oxidation sites excluding steroid dienone is 7. The van der Waals surface area contributed by atoms with Gasteiger partial charge in [0, 0.05) is 10.2 Å². The molecule has 0 spiro atoms. The fourth-order valence-electron chi connectivity index (χ4n) is 2.67. The van der Waals surface area contributed by atoms with E-state index < -0.39 is 0 Å². The van der Waals surface area contributed by atoms with Gasteiger partial charge in [0.25, 0.3) is 0 Å². The van der Waals surface area contributed by atoms with Crippen molar-refractivity contribution in [1.29, 1.82) is 0 Å². The predicted octanol–water partition coefficient (Wildman–Crippen LogP) is 5.92. The van der Waals surface area contributed by atoms with Gasteiger partial charge in [-0.15, -0.1) is 11.8 Å². The lowest BCUT2D eigenvalue weighted by molar-refractivity contribution is 0.931. The third-order valence-corrected chi connectivity index (χ3v) is 5.02. The number of rotatable bonds is 3. The van der Waals surface area contributed by atoms with Crippen LogP contribution in [0.4, 0.5) is 0 Å². The summed E-state index contributed by atoms with van der Waals surface area (Å²) in [5.74, 6) is 0. The van der Waals surface area contributed by atoms with E-state index in [1.165, 1.54) is 34.5 Å². The van der Waals surface area contributed by atoms with Crippen LogP contribution in [0.25, 0.3) is 4.91 Å². The van der Waals surface area contributed by atoms with E-state index in [0.29, 0.717) is 5.25 Å². The molecule has 1 atom stereocenters. The van der Waals surface area contributed by atoms with Gasteiger partial charge in [-0.2, -0.15) is 0 Å². The summed E-state index contributed by atoms with van der Waals surface area (Å²) in [6.45, 7) is 2.08. The Morgan fingerprint density at radius 1 is 1.19 bits per heavy atom. The lowest BCUT2D eigenvalue weighted by Crippen LogP contribution is -2.09. The van der Waals surface area contributed by atoms with E-state index >= 15 is 0 Å². The van der Waals surface area contributed by atoms with E-state index in [0.717, 1.165) is 0 Å². The Morgan fingerprint density at radius 3 is 2.76 bits per heavy atom. The Kier molecular flexibility index (Phi) is 4.62. The quantitative estimate of drug-likeness (QED) is 0.666. The maximum absolute atomic E-state index is 2.39. The number of thioether (sulfide) groups is 1. The zero-order valence-corrected chi connectivity index (χ0v) is 13.1. The summed E-state index contributed by atoms with van der Waals surface area (Å²) >= 11 is 1.97. The van der Waals surface area contributed by atoms with Gasteiger partial charge in [-0.25, -0.2) is 0 Å². The van der Waals surface area contributed by atoms with E-state index in [1.807, 2.05) is 11.8 Å². The number of benzene rings is 1. The van der Waals surface area contributed by atoms with Crippen molar-refractivity contribution in [3.8, 4) is 0 Å². The van der Waals surface area contributed by atoms with Crippen LogP contribution in [0.15, 0.2) is 84.0 Å². The molecule has 0 saturated heterocycles. The van der Waals surface area contributed by atoms with Gasteiger partial charge in [0.05, 0.1) is 0 Å². The van der Waals surface area contributed by atoms with Crippen LogP contribution >= 0.6 is 11.8 Å². The van der Waals surface area contributed by atoms with Crippen LogP contribution in [0.1, 0.15) is 25.3 Å². The molecule has 3 rings (SSSR count). The fourth-order valence-corrected chi connectivity index (χ4v) is 3.99. The fraction of sp³-hybridized carbons (Fsp3) is 0.200. The topological polar surface area (TPSA) is 0 Å². The Labute approximate surface area is 131 Å². The highest BCUT2D eigenvalue weighted by Crippen LogP contribution is 2.41. The van der Waals surface area contributed by atoms with Gasteiger partial charge < -0.3 is 0 Å². The molecule has 0 nitrogen and oxygen atoms in total. The van der Waals surface area contributed by atoms with E-state index in [1.54, 1.807) is 0 Å². The predicted molar refractivity (Wildman–Crippen MR) is 95.2 cm³/mol. The molecule has 1 heterocycles. The van der Waals surface area contributed by atoms with Crippen molar-refractivity contribution in [2.24, 2.45) is 0 Å². The van der Waals surface area contributed by atoms with E-state index in [-0.39, 0.29) is 0 Å². The van der Waals surface area contributed by atoms with Crippen molar-refractivity contribution in [2.75, 3.05) is 0 Å². The molecule has 1 unspecified atom stereocenters. The normalized spacial score (nSPS) is 22.0. The molecule has 0 amide bonds. The molecule has 1 aliphatic carbocycles. The van der Waals surface area contributed by atoms with Gasteiger partial charge in [0.1, 0.15) is 0 Å². The molecule has 0 saturated carbocycles. The van der Waals surface area contributed by atoms with Crippen LogP contribution in [-0.2, 0) is 0 Å². The Hall–Kier alpha value is -1.73. The molecule has 0 bridgehead atoms. The zero-order valence-electron chi connectivity index (χ0n) is 12.3. The lowest BCUT2D eigenvalue weighted by atomic mass is 9.99. The van der Waals surface area contributed by atoms with E-state index in [2.05, 4.69) is 79.8 Å². The molecule has 1 aliphatic heterocycles. The van der Waals surface area contributed by atoms with Crippen LogP contribution in [0.2, 0.25) is 0 Å². The standard InChI is InChI=1S/C20H20S/c1-2-9-16-14-19(17-10-5-3-6-11-17)21-20(15-16)18-12-7-4-8-13-18/h2-7,9-12,14-15,20H,8,13H2,1H3/b9-2+. The van der Waals surface area contributed by atoms with Gasteiger partial charge in [-0.05, 0) is 37.0 Å². The van der Waals surface area contributed by atoms with E-state index in [9.17, 15) is 0 Å². The Morgan fingerprint density at radius 2 is 2.05 bits per heavy atom. The third kappa shape index (κ3) is 3.48. The summed E-state index contributed by atoms with van der Waals surface area (Å²) in [5.41, 5.74) is 4.16.